The van der Waals surface area contributed by atoms with Gasteiger partial charge in [-0.15, -0.1) is 0 Å². The summed E-state index contributed by atoms with van der Waals surface area (Å²) >= 11 is 1.14. The van der Waals surface area contributed by atoms with Crippen molar-refractivity contribution < 1.29 is 13.2 Å². The van der Waals surface area contributed by atoms with Crippen LogP contribution in [0.25, 0.3) is 0 Å². The summed E-state index contributed by atoms with van der Waals surface area (Å²) in [5, 5.41) is 11.4. The van der Waals surface area contributed by atoms with Crippen molar-refractivity contribution >= 4 is 32.9 Å². The highest BCUT2D eigenvalue weighted by molar-refractivity contribution is 8.14. The summed E-state index contributed by atoms with van der Waals surface area (Å²) in [5.74, 6) is 0.0294. The fraction of sp³-hybridized carbons (Fsp3) is 0.526. The van der Waals surface area contributed by atoms with Crippen LogP contribution in [0, 0.1) is 17.2 Å². The predicted octanol–water partition coefficient (Wildman–Crippen LogP) is 2.66. The van der Waals surface area contributed by atoms with E-state index in [1.54, 1.807) is 24.5 Å². The van der Waals surface area contributed by atoms with Gasteiger partial charge in [0.1, 0.15) is 12.6 Å². The van der Waals surface area contributed by atoms with Crippen molar-refractivity contribution in [3.05, 3.63) is 30.3 Å². The minimum absolute atomic E-state index is 0.0974. The first-order valence-electron chi connectivity index (χ1n) is 9.30. The second-order valence-corrected chi connectivity index (χ2v) is 9.17. The molecule has 7 nitrogen and oxygen atoms in total. The third-order valence-electron chi connectivity index (χ3n) is 4.67. The molecule has 0 aliphatic heterocycles. The number of nitrogens with one attached hydrogen (secondary N) is 2. The average Bonchev–Trinajstić information content (AvgIpc) is 2.72. The summed E-state index contributed by atoms with van der Waals surface area (Å²) in [6.45, 7) is -0.0974. The molecule has 1 amide bonds. The number of carbonyl (C=O) groups is 1. The molecule has 152 valence electrons. The quantitative estimate of drug-likeness (QED) is 0.399. The van der Waals surface area contributed by atoms with Crippen molar-refractivity contribution in [2.75, 3.05) is 12.8 Å². The highest BCUT2D eigenvalue weighted by Gasteiger charge is 2.25. The summed E-state index contributed by atoms with van der Waals surface area (Å²) in [6, 6.07) is 9.19. The number of amides is 1. The molecule has 1 aromatic carbocycles. The Bertz CT molecular complexity index is 813. The SMILES string of the molecule is CSC(=NC(CC1CCCCC1)C(=O)NCC#N)NS(=O)(=O)c1ccccc1. The number of thioether (sulfide) groups is 1. The van der Waals surface area contributed by atoms with Crippen molar-refractivity contribution in [3.63, 3.8) is 0 Å². The molecule has 2 N–H and O–H groups in total. The van der Waals surface area contributed by atoms with Gasteiger partial charge in [0.25, 0.3) is 10.0 Å². The second-order valence-electron chi connectivity index (χ2n) is 6.69. The minimum atomic E-state index is -3.78. The van der Waals surface area contributed by atoms with Gasteiger partial charge in [-0.3, -0.25) is 9.52 Å². The molecule has 0 bridgehead atoms. The van der Waals surface area contributed by atoms with Crippen LogP contribution >= 0.6 is 11.8 Å². The molecule has 0 spiro atoms. The molecule has 1 saturated carbocycles. The van der Waals surface area contributed by atoms with Gasteiger partial charge in [0.05, 0.1) is 11.0 Å². The normalized spacial score (nSPS) is 16.8. The number of rotatable bonds is 7. The smallest absolute Gasteiger partial charge is 0.263 e. The zero-order valence-electron chi connectivity index (χ0n) is 15.9. The van der Waals surface area contributed by atoms with Gasteiger partial charge < -0.3 is 5.32 Å². The second kappa shape index (κ2) is 11.1. The fourth-order valence-electron chi connectivity index (χ4n) is 3.24. The van der Waals surface area contributed by atoms with Crippen LogP contribution in [-0.4, -0.2) is 38.3 Å². The molecule has 0 aromatic heterocycles. The Kier molecular flexibility index (Phi) is 8.80. The molecule has 28 heavy (non-hydrogen) atoms. The van der Waals surface area contributed by atoms with Gasteiger partial charge in [-0.1, -0.05) is 62.1 Å². The number of nitrogens with zero attached hydrogens (tertiary/aromatic N) is 2. The number of benzene rings is 1. The van der Waals surface area contributed by atoms with Crippen LogP contribution in [0.2, 0.25) is 0 Å². The molecule has 1 fully saturated rings. The van der Waals surface area contributed by atoms with Gasteiger partial charge in [0.15, 0.2) is 5.17 Å². The van der Waals surface area contributed by atoms with Crippen LogP contribution in [-0.2, 0) is 14.8 Å². The zero-order valence-corrected chi connectivity index (χ0v) is 17.6. The molecular formula is C19H26N4O3S2. The first kappa shape index (κ1) is 22.2. The number of sulfonamides is 1. The van der Waals surface area contributed by atoms with Gasteiger partial charge in [-0.25, -0.2) is 13.4 Å². The Hall–Kier alpha value is -2.05. The summed E-state index contributed by atoms with van der Waals surface area (Å²) in [6.07, 6.45) is 7.82. The maximum Gasteiger partial charge on any atom is 0.263 e. The molecule has 0 heterocycles. The summed E-state index contributed by atoms with van der Waals surface area (Å²) < 4.78 is 27.6. The number of amidine groups is 1. The van der Waals surface area contributed by atoms with E-state index in [4.69, 9.17) is 5.26 Å². The van der Waals surface area contributed by atoms with E-state index in [-0.39, 0.29) is 22.5 Å². The number of hydrogen-bond acceptors (Lipinski definition) is 6. The van der Waals surface area contributed by atoms with Crippen LogP contribution in [0.3, 0.4) is 0 Å². The van der Waals surface area contributed by atoms with E-state index in [1.165, 1.54) is 18.6 Å². The highest BCUT2D eigenvalue weighted by Crippen LogP contribution is 2.28. The lowest BCUT2D eigenvalue weighted by Crippen LogP contribution is -2.38. The molecule has 2 rings (SSSR count). The first-order valence-corrected chi connectivity index (χ1v) is 12.0. The molecule has 1 aliphatic rings. The van der Waals surface area contributed by atoms with Crippen molar-refractivity contribution in [1.29, 1.82) is 5.26 Å². The fourth-order valence-corrected chi connectivity index (χ4v) is 5.05. The van der Waals surface area contributed by atoms with Gasteiger partial charge >= 0.3 is 0 Å². The molecule has 0 radical (unpaired) electrons. The molecule has 1 aliphatic carbocycles. The van der Waals surface area contributed by atoms with E-state index in [0.29, 0.717) is 12.3 Å². The van der Waals surface area contributed by atoms with Crippen LogP contribution in [0.5, 0.6) is 0 Å². The Morgan fingerprint density at radius 2 is 1.96 bits per heavy atom. The lowest BCUT2D eigenvalue weighted by Gasteiger charge is -2.24. The number of aliphatic imine (C=N–C) groups is 1. The van der Waals surface area contributed by atoms with Crippen LogP contribution in [0.1, 0.15) is 38.5 Å². The summed E-state index contributed by atoms with van der Waals surface area (Å²) in [5.41, 5.74) is 0. The Balaban J connectivity index is 2.19. The van der Waals surface area contributed by atoms with Crippen LogP contribution in [0.15, 0.2) is 40.2 Å². The van der Waals surface area contributed by atoms with Gasteiger partial charge in [0.2, 0.25) is 5.91 Å². The van der Waals surface area contributed by atoms with E-state index in [0.717, 1.165) is 37.4 Å². The molecule has 1 aromatic rings. The van der Waals surface area contributed by atoms with Gasteiger partial charge in [0, 0.05) is 0 Å². The Morgan fingerprint density at radius 1 is 1.29 bits per heavy atom. The van der Waals surface area contributed by atoms with Crippen molar-refractivity contribution in [2.45, 2.75) is 49.5 Å². The van der Waals surface area contributed by atoms with Gasteiger partial charge in [-0.2, -0.15) is 5.26 Å². The van der Waals surface area contributed by atoms with Crippen LogP contribution in [0.4, 0.5) is 0 Å². The highest BCUT2D eigenvalue weighted by atomic mass is 32.2. The zero-order chi connectivity index (χ0) is 20.4. The maximum atomic E-state index is 12.6. The van der Waals surface area contributed by atoms with E-state index in [1.807, 2.05) is 6.07 Å². The average molecular weight is 423 g/mol. The van der Waals surface area contributed by atoms with E-state index >= 15 is 0 Å². The summed E-state index contributed by atoms with van der Waals surface area (Å²) in [4.78, 5) is 17.1. The number of nitriles is 1. The van der Waals surface area contributed by atoms with Crippen molar-refractivity contribution in [2.24, 2.45) is 10.9 Å². The molecular weight excluding hydrogens is 396 g/mol. The number of carbonyl (C=O) groups excluding carboxylic acids is 1. The van der Waals surface area contributed by atoms with Crippen LogP contribution < -0.4 is 10.0 Å². The van der Waals surface area contributed by atoms with Crippen molar-refractivity contribution in [3.8, 4) is 6.07 Å². The van der Waals surface area contributed by atoms with Crippen molar-refractivity contribution in [1.82, 2.24) is 10.0 Å². The van der Waals surface area contributed by atoms with E-state index < -0.39 is 16.1 Å². The molecule has 0 saturated heterocycles. The van der Waals surface area contributed by atoms with Gasteiger partial charge in [-0.05, 0) is 30.7 Å². The topological polar surface area (TPSA) is 111 Å². The largest absolute Gasteiger partial charge is 0.341 e. The first-order chi connectivity index (χ1) is 13.5. The monoisotopic (exact) mass is 422 g/mol. The Labute approximate surface area is 171 Å². The predicted molar refractivity (Wildman–Crippen MR) is 111 cm³/mol. The standard InChI is InChI=1S/C19H26N4O3S2/c1-27-19(23-28(25,26)16-10-6-3-7-11-16)22-17(18(24)21-13-12-20)14-15-8-4-2-5-9-15/h3,6-7,10-11,15,17H,2,4-5,8-9,13-14H2,1H3,(H,21,24)(H,22,23). The van der Waals surface area contributed by atoms with E-state index in [9.17, 15) is 13.2 Å². The molecule has 1 atom stereocenters. The third kappa shape index (κ3) is 6.84. The number of hydrogen-bond donors (Lipinski definition) is 2. The lowest BCUT2D eigenvalue weighted by atomic mass is 9.85. The third-order valence-corrected chi connectivity index (χ3v) is 6.75. The molecule has 1 unspecified atom stereocenters. The summed E-state index contributed by atoms with van der Waals surface area (Å²) in [7, 11) is -3.78. The Morgan fingerprint density at radius 3 is 2.57 bits per heavy atom. The molecule has 9 heteroatoms. The minimum Gasteiger partial charge on any atom is -0.341 e. The lowest BCUT2D eigenvalue weighted by molar-refractivity contribution is -0.122. The van der Waals surface area contributed by atoms with E-state index in [2.05, 4.69) is 15.0 Å². The maximum absolute atomic E-state index is 12.6.